The van der Waals surface area contributed by atoms with Crippen LogP contribution in [0.3, 0.4) is 0 Å². The lowest BCUT2D eigenvalue weighted by Crippen LogP contribution is -2.58. The Balaban J connectivity index is 1.62. The van der Waals surface area contributed by atoms with Crippen LogP contribution in [0.25, 0.3) is 0 Å². The SMILES string of the molecule is Cc1nc(CN2CCN([C@H](C(=O)N[C@@H](Cc3ccccc3)[C@H](O)CN([C@H](CO)C(C)C)S(=O)(=O)c3ccc(/C=N/O)cc3)C(C)C)C2=O)cs1. The third kappa shape index (κ3) is 9.46. The molecule has 13 nitrogen and oxygen atoms in total. The molecule has 0 aliphatic carbocycles. The van der Waals surface area contributed by atoms with E-state index in [1.807, 2.05) is 56.5 Å². The van der Waals surface area contributed by atoms with E-state index >= 15 is 0 Å². The van der Waals surface area contributed by atoms with Gasteiger partial charge in [-0.05, 0) is 48.4 Å². The molecule has 1 fully saturated rings. The van der Waals surface area contributed by atoms with Gasteiger partial charge in [-0.25, -0.2) is 18.2 Å². The van der Waals surface area contributed by atoms with Gasteiger partial charge in [0.1, 0.15) is 6.04 Å². The lowest BCUT2D eigenvalue weighted by atomic mass is 9.97. The Labute approximate surface area is 298 Å². The molecule has 2 aromatic carbocycles. The zero-order valence-corrected chi connectivity index (χ0v) is 30.7. The third-order valence-electron chi connectivity index (χ3n) is 8.86. The number of aliphatic hydroxyl groups is 2. The maximum absolute atomic E-state index is 14.1. The number of aliphatic hydroxyl groups excluding tert-OH is 2. The minimum Gasteiger partial charge on any atom is -0.411 e. The summed E-state index contributed by atoms with van der Waals surface area (Å²) in [7, 11) is -4.27. The summed E-state index contributed by atoms with van der Waals surface area (Å²) < 4.78 is 29.3. The number of oxime groups is 1. The van der Waals surface area contributed by atoms with Crippen molar-refractivity contribution in [3.05, 3.63) is 81.8 Å². The third-order valence-corrected chi connectivity index (χ3v) is 11.6. The molecule has 3 aromatic rings. The molecule has 3 amide bonds. The number of aromatic nitrogens is 1. The maximum Gasteiger partial charge on any atom is 0.321 e. The van der Waals surface area contributed by atoms with Crippen LogP contribution >= 0.6 is 11.3 Å². The second kappa shape index (κ2) is 17.4. The van der Waals surface area contributed by atoms with Gasteiger partial charge in [0.15, 0.2) is 0 Å². The average molecular weight is 729 g/mol. The van der Waals surface area contributed by atoms with Crippen molar-refractivity contribution in [2.45, 2.75) is 76.7 Å². The Morgan fingerprint density at radius 2 is 1.76 bits per heavy atom. The standard InChI is InChI=1S/C35H48N6O7S2/c1-23(2)31(21-42)41(50(47,48)29-13-11-27(12-14-29)18-36-46)20-32(43)30(17-26-9-7-6-8-10-26)38-34(44)33(24(3)4)40-16-15-39(35(40)45)19-28-22-49-25(5)37-28/h6-14,18,22-24,30-33,42-43,46H,15-17,19-21H2,1-5H3,(H,38,44)/b36-18+/t30-,31+,32+,33-/m0/s1. The average Bonchev–Trinajstić information content (AvgIpc) is 3.65. The van der Waals surface area contributed by atoms with Crippen LogP contribution in [0.1, 0.15) is 49.5 Å². The van der Waals surface area contributed by atoms with Gasteiger partial charge in [0.2, 0.25) is 15.9 Å². The van der Waals surface area contributed by atoms with E-state index in [0.717, 1.165) is 20.6 Å². The molecule has 0 bridgehead atoms. The zero-order valence-electron chi connectivity index (χ0n) is 29.1. The van der Waals surface area contributed by atoms with Crippen LogP contribution in [0.2, 0.25) is 0 Å². The van der Waals surface area contributed by atoms with Crippen molar-refractivity contribution in [2.75, 3.05) is 26.2 Å². The summed E-state index contributed by atoms with van der Waals surface area (Å²) in [5.74, 6) is -1.06. The number of carbonyl (C=O) groups is 2. The molecule has 0 saturated carbocycles. The highest BCUT2D eigenvalue weighted by Gasteiger charge is 2.41. The first-order valence-electron chi connectivity index (χ1n) is 16.7. The van der Waals surface area contributed by atoms with Crippen LogP contribution < -0.4 is 5.32 Å². The number of thiazole rings is 1. The fraction of sp³-hybridized carbons (Fsp3) is 0.486. The summed E-state index contributed by atoms with van der Waals surface area (Å²) in [5.41, 5.74) is 2.07. The topological polar surface area (TPSA) is 176 Å². The molecule has 4 rings (SSSR count). The number of carbonyl (C=O) groups excluding carboxylic acids is 2. The first-order valence-corrected chi connectivity index (χ1v) is 19.0. The summed E-state index contributed by atoms with van der Waals surface area (Å²) >= 11 is 1.51. The first-order chi connectivity index (χ1) is 23.8. The molecular formula is C35H48N6O7S2. The van der Waals surface area contributed by atoms with Gasteiger partial charge < -0.3 is 30.5 Å². The summed E-state index contributed by atoms with van der Waals surface area (Å²) in [6.07, 6.45) is -0.0659. The van der Waals surface area contributed by atoms with Crippen molar-refractivity contribution in [3.63, 3.8) is 0 Å². The van der Waals surface area contributed by atoms with Gasteiger partial charge in [-0.2, -0.15) is 4.31 Å². The number of benzene rings is 2. The van der Waals surface area contributed by atoms with Crippen LogP contribution in [0.4, 0.5) is 4.79 Å². The summed E-state index contributed by atoms with van der Waals surface area (Å²) in [6.45, 7) is 9.34. The summed E-state index contributed by atoms with van der Waals surface area (Å²) in [6, 6.07) is 11.9. The van der Waals surface area contributed by atoms with Gasteiger partial charge in [0.25, 0.3) is 0 Å². The predicted molar refractivity (Wildman–Crippen MR) is 191 cm³/mol. The first kappa shape index (κ1) is 38.9. The molecule has 4 N–H and O–H groups in total. The molecule has 2 heterocycles. The Hall–Kier alpha value is -3.89. The van der Waals surface area contributed by atoms with Crippen LogP contribution in [0.5, 0.6) is 0 Å². The molecule has 1 aliphatic rings. The van der Waals surface area contributed by atoms with Crippen molar-refractivity contribution < 1.29 is 33.4 Å². The van der Waals surface area contributed by atoms with Crippen molar-refractivity contribution in [1.82, 2.24) is 24.4 Å². The molecule has 0 radical (unpaired) electrons. The van der Waals surface area contributed by atoms with E-state index in [1.165, 1.54) is 41.8 Å². The van der Waals surface area contributed by atoms with Crippen molar-refractivity contribution >= 4 is 39.5 Å². The molecule has 4 atom stereocenters. The normalized spacial score (nSPS) is 16.5. The van der Waals surface area contributed by atoms with Crippen LogP contribution in [0, 0.1) is 18.8 Å². The zero-order chi connectivity index (χ0) is 36.6. The molecule has 0 spiro atoms. The fourth-order valence-corrected chi connectivity index (χ4v) is 8.56. The molecule has 15 heteroatoms. The molecular weight excluding hydrogens is 681 g/mol. The van der Waals surface area contributed by atoms with Crippen LogP contribution in [0.15, 0.2) is 70.0 Å². The van der Waals surface area contributed by atoms with E-state index in [9.17, 15) is 28.2 Å². The van der Waals surface area contributed by atoms with Crippen LogP contribution in [-0.2, 0) is 27.8 Å². The van der Waals surface area contributed by atoms with E-state index in [2.05, 4.69) is 15.5 Å². The predicted octanol–water partition coefficient (Wildman–Crippen LogP) is 3.32. The lowest BCUT2D eigenvalue weighted by Gasteiger charge is -2.37. The maximum atomic E-state index is 14.1. The smallest absolute Gasteiger partial charge is 0.321 e. The van der Waals surface area contributed by atoms with E-state index in [1.54, 1.807) is 23.6 Å². The van der Waals surface area contributed by atoms with Crippen molar-refractivity contribution in [3.8, 4) is 0 Å². The number of nitrogens with zero attached hydrogens (tertiary/aromatic N) is 5. The number of amides is 3. The van der Waals surface area contributed by atoms with E-state index in [4.69, 9.17) is 5.21 Å². The van der Waals surface area contributed by atoms with Crippen molar-refractivity contribution in [2.24, 2.45) is 17.0 Å². The summed E-state index contributed by atoms with van der Waals surface area (Å²) in [5, 5.41) is 39.9. The number of hydrogen-bond acceptors (Lipinski definition) is 10. The van der Waals surface area contributed by atoms with Gasteiger partial charge in [-0.1, -0.05) is 75.3 Å². The monoisotopic (exact) mass is 728 g/mol. The second-order valence-corrected chi connectivity index (χ2v) is 16.2. The highest BCUT2D eigenvalue weighted by molar-refractivity contribution is 7.89. The highest BCUT2D eigenvalue weighted by atomic mass is 32.2. The second-order valence-electron chi connectivity index (χ2n) is 13.2. The molecule has 272 valence electrons. The number of nitrogens with one attached hydrogen (secondary N) is 1. The van der Waals surface area contributed by atoms with Crippen molar-refractivity contribution in [1.29, 1.82) is 0 Å². The Bertz CT molecular complexity index is 1700. The number of urea groups is 1. The quantitative estimate of drug-likeness (QED) is 0.0930. The Morgan fingerprint density at radius 3 is 2.32 bits per heavy atom. The lowest BCUT2D eigenvalue weighted by molar-refractivity contribution is -0.128. The number of aryl methyl sites for hydroxylation is 1. The minimum atomic E-state index is -4.27. The summed E-state index contributed by atoms with van der Waals surface area (Å²) in [4.78, 5) is 35.3. The Kier molecular flexibility index (Phi) is 13.5. The van der Waals surface area contributed by atoms with Gasteiger partial charge >= 0.3 is 6.03 Å². The van der Waals surface area contributed by atoms with Gasteiger partial charge in [0, 0.05) is 25.0 Å². The molecule has 1 saturated heterocycles. The van der Waals surface area contributed by atoms with Crippen LogP contribution in [-0.4, -0.2) is 112 Å². The number of sulfonamides is 1. The van der Waals surface area contributed by atoms with E-state index < -0.39 is 53.3 Å². The number of hydrogen-bond donors (Lipinski definition) is 4. The molecule has 0 unspecified atom stereocenters. The highest BCUT2D eigenvalue weighted by Crippen LogP contribution is 2.25. The Morgan fingerprint density at radius 1 is 1.08 bits per heavy atom. The van der Waals surface area contributed by atoms with E-state index in [0.29, 0.717) is 25.2 Å². The van der Waals surface area contributed by atoms with Gasteiger partial charge in [-0.3, -0.25) is 4.79 Å². The number of rotatable bonds is 17. The largest absolute Gasteiger partial charge is 0.411 e. The molecule has 1 aliphatic heterocycles. The molecule has 1 aromatic heterocycles. The van der Waals surface area contributed by atoms with E-state index in [-0.39, 0.29) is 29.2 Å². The molecule has 50 heavy (non-hydrogen) atoms. The minimum absolute atomic E-state index is 0.0766. The van der Waals surface area contributed by atoms with Gasteiger partial charge in [0.05, 0.1) is 53.2 Å². The van der Waals surface area contributed by atoms with Gasteiger partial charge in [-0.15, -0.1) is 11.3 Å². The fourth-order valence-electron chi connectivity index (χ4n) is 6.19.